The van der Waals surface area contributed by atoms with Crippen LogP contribution in [0.5, 0.6) is 0 Å². The molecule has 1 amide bonds. The van der Waals surface area contributed by atoms with E-state index in [2.05, 4.69) is 12.2 Å². The summed E-state index contributed by atoms with van der Waals surface area (Å²) >= 11 is 0. The number of likely N-dealkylation sites (N-methyl/N-ethyl adjacent to an activating group) is 1. The van der Waals surface area contributed by atoms with Gasteiger partial charge in [-0.15, -0.1) is 0 Å². The molecule has 2 aliphatic rings. The van der Waals surface area contributed by atoms with Crippen LogP contribution in [-0.2, 0) is 4.79 Å². The van der Waals surface area contributed by atoms with Crippen LogP contribution in [0.3, 0.4) is 0 Å². The monoisotopic (exact) mass is 182 g/mol. The minimum atomic E-state index is 0.389. The molecule has 3 nitrogen and oxygen atoms in total. The maximum Gasteiger partial charge on any atom is 0.225 e. The number of nitrogens with one attached hydrogen (secondary N) is 1. The molecule has 0 bridgehead atoms. The van der Waals surface area contributed by atoms with E-state index in [1.807, 2.05) is 4.90 Å². The molecule has 1 heterocycles. The molecule has 3 heteroatoms. The Kier molecular flexibility index (Phi) is 2.54. The maximum absolute atomic E-state index is 11.7. The molecule has 0 spiro atoms. The van der Waals surface area contributed by atoms with Gasteiger partial charge < -0.3 is 10.2 Å². The Morgan fingerprint density at radius 1 is 1.46 bits per heavy atom. The van der Waals surface area contributed by atoms with Crippen molar-refractivity contribution in [1.29, 1.82) is 0 Å². The molecule has 1 unspecified atom stereocenters. The van der Waals surface area contributed by atoms with Crippen molar-refractivity contribution in [3.05, 3.63) is 0 Å². The Morgan fingerprint density at radius 2 is 2.23 bits per heavy atom. The lowest BCUT2D eigenvalue weighted by molar-refractivity contribution is -0.131. The maximum atomic E-state index is 11.7. The van der Waals surface area contributed by atoms with Gasteiger partial charge >= 0.3 is 0 Å². The molecular formula is C10H18N2O. The van der Waals surface area contributed by atoms with Crippen molar-refractivity contribution in [2.45, 2.75) is 32.2 Å². The number of amides is 1. The van der Waals surface area contributed by atoms with Gasteiger partial charge in [0, 0.05) is 25.0 Å². The summed E-state index contributed by atoms with van der Waals surface area (Å²) in [6, 6.07) is 0.549. The van der Waals surface area contributed by atoms with Gasteiger partial charge in [0.1, 0.15) is 0 Å². The summed E-state index contributed by atoms with van der Waals surface area (Å²) in [5.41, 5.74) is 0. The van der Waals surface area contributed by atoms with E-state index < -0.39 is 0 Å². The molecule has 0 aromatic rings. The second-order valence-electron chi connectivity index (χ2n) is 4.10. The largest absolute Gasteiger partial charge is 0.341 e. The molecule has 74 valence electrons. The topological polar surface area (TPSA) is 32.3 Å². The number of hydrogen-bond donors (Lipinski definition) is 1. The summed E-state index contributed by atoms with van der Waals surface area (Å²) in [6.45, 7) is 5.03. The minimum absolute atomic E-state index is 0.389. The van der Waals surface area contributed by atoms with Gasteiger partial charge in [0.05, 0.1) is 0 Å². The summed E-state index contributed by atoms with van der Waals surface area (Å²) in [7, 11) is 0. The van der Waals surface area contributed by atoms with Crippen molar-refractivity contribution < 1.29 is 4.79 Å². The Labute approximate surface area is 79.5 Å². The van der Waals surface area contributed by atoms with Gasteiger partial charge in [-0.2, -0.15) is 0 Å². The van der Waals surface area contributed by atoms with Crippen LogP contribution in [0.1, 0.15) is 26.2 Å². The molecule has 1 aliphatic carbocycles. The smallest absolute Gasteiger partial charge is 0.225 e. The van der Waals surface area contributed by atoms with Crippen LogP contribution in [0.2, 0.25) is 0 Å². The van der Waals surface area contributed by atoms with Gasteiger partial charge in [0.25, 0.3) is 0 Å². The molecule has 2 fully saturated rings. The molecule has 1 aliphatic heterocycles. The standard InChI is InChI=1S/C10H18N2O/c1-2-11-9-5-6-12(7-9)10(13)8-3-4-8/h8-9,11H,2-7H2,1H3. The van der Waals surface area contributed by atoms with Gasteiger partial charge in [-0.25, -0.2) is 0 Å². The molecule has 1 atom stereocenters. The van der Waals surface area contributed by atoms with Crippen LogP contribution in [0.25, 0.3) is 0 Å². The second-order valence-corrected chi connectivity index (χ2v) is 4.10. The molecule has 1 saturated carbocycles. The van der Waals surface area contributed by atoms with Crippen molar-refractivity contribution in [2.75, 3.05) is 19.6 Å². The minimum Gasteiger partial charge on any atom is -0.341 e. The van der Waals surface area contributed by atoms with Crippen LogP contribution < -0.4 is 5.32 Å². The number of rotatable bonds is 3. The zero-order chi connectivity index (χ0) is 9.26. The fourth-order valence-corrected chi connectivity index (χ4v) is 2.00. The van der Waals surface area contributed by atoms with Crippen LogP contribution in [0, 0.1) is 5.92 Å². The third-order valence-corrected chi connectivity index (χ3v) is 2.92. The Balaban J connectivity index is 1.79. The van der Waals surface area contributed by atoms with E-state index in [0.717, 1.165) is 38.9 Å². The summed E-state index contributed by atoms with van der Waals surface area (Å²) in [6.07, 6.45) is 3.38. The van der Waals surface area contributed by atoms with E-state index >= 15 is 0 Å². The van der Waals surface area contributed by atoms with Crippen LogP contribution in [-0.4, -0.2) is 36.5 Å². The fraction of sp³-hybridized carbons (Fsp3) is 0.900. The predicted octanol–water partition coefficient (Wildman–Crippen LogP) is 0.607. The van der Waals surface area contributed by atoms with Gasteiger partial charge in [-0.3, -0.25) is 4.79 Å². The highest BCUT2D eigenvalue weighted by atomic mass is 16.2. The second kappa shape index (κ2) is 3.66. The van der Waals surface area contributed by atoms with Crippen LogP contribution in [0.15, 0.2) is 0 Å². The predicted molar refractivity (Wildman–Crippen MR) is 51.4 cm³/mol. The number of carbonyl (C=O) groups is 1. The highest BCUT2D eigenvalue weighted by Gasteiger charge is 2.36. The normalized spacial score (nSPS) is 28.1. The number of nitrogens with zero attached hydrogens (tertiary/aromatic N) is 1. The van der Waals surface area contributed by atoms with E-state index in [0.29, 0.717) is 17.9 Å². The Hall–Kier alpha value is -0.570. The Bertz CT molecular complexity index is 201. The molecular weight excluding hydrogens is 164 g/mol. The van der Waals surface area contributed by atoms with E-state index in [-0.39, 0.29) is 0 Å². The average Bonchev–Trinajstić information content (AvgIpc) is 2.87. The van der Waals surface area contributed by atoms with Crippen molar-refractivity contribution >= 4 is 5.91 Å². The molecule has 0 aromatic carbocycles. The third-order valence-electron chi connectivity index (χ3n) is 2.92. The first-order valence-electron chi connectivity index (χ1n) is 5.33. The van der Waals surface area contributed by atoms with E-state index in [4.69, 9.17) is 0 Å². The number of likely N-dealkylation sites (tertiary alicyclic amines) is 1. The number of hydrogen-bond acceptors (Lipinski definition) is 2. The molecule has 13 heavy (non-hydrogen) atoms. The lowest BCUT2D eigenvalue weighted by atomic mass is 10.3. The third kappa shape index (κ3) is 2.02. The zero-order valence-electron chi connectivity index (χ0n) is 8.25. The quantitative estimate of drug-likeness (QED) is 0.693. The van der Waals surface area contributed by atoms with Crippen LogP contribution >= 0.6 is 0 Å². The first kappa shape index (κ1) is 9.00. The summed E-state index contributed by atoms with van der Waals surface area (Å²) in [5.74, 6) is 0.792. The summed E-state index contributed by atoms with van der Waals surface area (Å²) < 4.78 is 0. The highest BCUT2D eigenvalue weighted by molar-refractivity contribution is 5.81. The lowest BCUT2D eigenvalue weighted by Gasteiger charge is -2.16. The molecule has 0 aromatic heterocycles. The van der Waals surface area contributed by atoms with Gasteiger partial charge in [0.2, 0.25) is 5.91 Å². The Morgan fingerprint density at radius 3 is 2.85 bits per heavy atom. The molecule has 1 saturated heterocycles. The van der Waals surface area contributed by atoms with Crippen molar-refractivity contribution in [1.82, 2.24) is 10.2 Å². The van der Waals surface area contributed by atoms with Crippen molar-refractivity contribution in [3.63, 3.8) is 0 Å². The average molecular weight is 182 g/mol. The molecule has 0 radical (unpaired) electrons. The fourth-order valence-electron chi connectivity index (χ4n) is 2.00. The number of carbonyl (C=O) groups excluding carboxylic acids is 1. The van der Waals surface area contributed by atoms with Gasteiger partial charge in [-0.1, -0.05) is 6.92 Å². The first-order valence-corrected chi connectivity index (χ1v) is 5.33. The molecule has 2 rings (SSSR count). The van der Waals surface area contributed by atoms with Gasteiger partial charge in [0.15, 0.2) is 0 Å². The summed E-state index contributed by atoms with van der Waals surface area (Å²) in [4.78, 5) is 13.7. The molecule has 1 N–H and O–H groups in total. The summed E-state index contributed by atoms with van der Waals surface area (Å²) in [5, 5.41) is 3.39. The van der Waals surface area contributed by atoms with E-state index in [1.54, 1.807) is 0 Å². The van der Waals surface area contributed by atoms with Crippen LogP contribution in [0.4, 0.5) is 0 Å². The first-order chi connectivity index (χ1) is 6.31. The SMILES string of the molecule is CCNC1CCN(C(=O)C2CC2)C1. The van der Waals surface area contributed by atoms with Crippen molar-refractivity contribution in [2.24, 2.45) is 5.92 Å². The van der Waals surface area contributed by atoms with Crippen molar-refractivity contribution in [3.8, 4) is 0 Å². The highest BCUT2D eigenvalue weighted by Crippen LogP contribution is 2.32. The zero-order valence-corrected chi connectivity index (χ0v) is 8.25. The van der Waals surface area contributed by atoms with E-state index in [9.17, 15) is 4.79 Å². The van der Waals surface area contributed by atoms with E-state index in [1.165, 1.54) is 0 Å². The van der Waals surface area contributed by atoms with Gasteiger partial charge in [-0.05, 0) is 25.8 Å². The lowest BCUT2D eigenvalue weighted by Crippen LogP contribution is -2.35.